The average molecular weight is 387 g/mol. The molecule has 0 aromatic heterocycles. The predicted molar refractivity (Wildman–Crippen MR) is 103 cm³/mol. The zero-order chi connectivity index (χ0) is 20.1. The minimum absolute atomic E-state index is 0.167. The fourth-order valence-electron chi connectivity index (χ4n) is 3.98. The molecule has 1 saturated carbocycles. The molecule has 2 unspecified atom stereocenters. The minimum Gasteiger partial charge on any atom is -0.479 e. The number of unbranched alkanes of at least 4 members (excludes halogenated alkanes) is 6. The lowest BCUT2D eigenvalue weighted by molar-refractivity contribution is -0.190. The number of aliphatic hydroxyl groups is 1. The summed E-state index contributed by atoms with van der Waals surface area (Å²) in [6.45, 7) is 2.46. The van der Waals surface area contributed by atoms with Crippen LogP contribution in [0.15, 0.2) is 0 Å². The number of carbonyl (C=O) groups excluding carboxylic acids is 1. The number of carboxylic acid groups (broad SMARTS) is 1. The van der Waals surface area contributed by atoms with Crippen LogP contribution in [0.5, 0.6) is 0 Å². The van der Waals surface area contributed by atoms with E-state index in [1.165, 1.54) is 45.6 Å². The number of methoxy groups -OCH3 is 1. The van der Waals surface area contributed by atoms with Gasteiger partial charge in [0.1, 0.15) is 5.78 Å². The van der Waals surface area contributed by atoms with Gasteiger partial charge in [0.15, 0.2) is 6.29 Å². The van der Waals surface area contributed by atoms with Crippen LogP contribution in [-0.4, -0.2) is 48.1 Å². The standard InChI is InChI=1S/C21H38O6/c1-3-4-5-6-7-8-11-16-13-14-18(22)17(16)12-9-10-15-27-19(20(23)24)21(25)26-2/h16-17,19,21,25H,3-15H2,1-2H3,(H,23,24)/t16-,17+,19?,21?/m0/s1. The molecule has 0 bridgehead atoms. The van der Waals surface area contributed by atoms with Gasteiger partial charge in [0.2, 0.25) is 6.10 Å². The first kappa shape index (κ1) is 24.1. The number of rotatable bonds is 16. The molecule has 4 atom stereocenters. The Morgan fingerprint density at radius 1 is 1.11 bits per heavy atom. The van der Waals surface area contributed by atoms with E-state index < -0.39 is 18.4 Å². The highest BCUT2D eigenvalue weighted by atomic mass is 16.6. The van der Waals surface area contributed by atoms with Gasteiger partial charge in [-0.3, -0.25) is 4.79 Å². The van der Waals surface area contributed by atoms with Gasteiger partial charge < -0.3 is 19.7 Å². The number of aliphatic hydroxyl groups excluding tert-OH is 1. The molecule has 2 N–H and O–H groups in total. The second-order valence-corrected chi connectivity index (χ2v) is 7.68. The summed E-state index contributed by atoms with van der Waals surface area (Å²) in [4.78, 5) is 23.2. The van der Waals surface area contributed by atoms with Crippen LogP contribution in [-0.2, 0) is 19.1 Å². The molecule has 0 spiro atoms. The first-order chi connectivity index (χ1) is 13.0. The van der Waals surface area contributed by atoms with Crippen molar-refractivity contribution in [2.45, 2.75) is 96.4 Å². The fourth-order valence-corrected chi connectivity index (χ4v) is 3.98. The maximum absolute atomic E-state index is 12.2. The van der Waals surface area contributed by atoms with Crippen molar-refractivity contribution in [3.63, 3.8) is 0 Å². The van der Waals surface area contributed by atoms with Gasteiger partial charge in [-0.15, -0.1) is 0 Å². The van der Waals surface area contributed by atoms with E-state index in [1.807, 2.05) is 0 Å². The van der Waals surface area contributed by atoms with Crippen molar-refractivity contribution in [3.8, 4) is 0 Å². The van der Waals surface area contributed by atoms with E-state index in [1.54, 1.807) is 0 Å². The summed E-state index contributed by atoms with van der Waals surface area (Å²) < 4.78 is 9.84. The smallest absolute Gasteiger partial charge is 0.338 e. The van der Waals surface area contributed by atoms with Crippen molar-refractivity contribution < 1.29 is 29.3 Å². The van der Waals surface area contributed by atoms with Crippen LogP contribution in [0.25, 0.3) is 0 Å². The van der Waals surface area contributed by atoms with Crippen LogP contribution in [0.4, 0.5) is 0 Å². The molecule has 1 fully saturated rings. The van der Waals surface area contributed by atoms with Gasteiger partial charge in [-0.1, -0.05) is 51.9 Å². The lowest BCUT2D eigenvalue weighted by Gasteiger charge is -2.20. The monoisotopic (exact) mass is 386 g/mol. The van der Waals surface area contributed by atoms with Gasteiger partial charge in [0, 0.05) is 26.1 Å². The number of Topliss-reactive ketones (excluding diaryl/α,β-unsaturated/α-hetero) is 1. The lowest BCUT2D eigenvalue weighted by Crippen LogP contribution is -2.38. The molecule has 1 aliphatic carbocycles. The van der Waals surface area contributed by atoms with Crippen molar-refractivity contribution in [2.24, 2.45) is 11.8 Å². The van der Waals surface area contributed by atoms with E-state index in [9.17, 15) is 14.7 Å². The van der Waals surface area contributed by atoms with E-state index >= 15 is 0 Å². The van der Waals surface area contributed by atoms with Crippen LogP contribution < -0.4 is 0 Å². The molecule has 1 aliphatic rings. The zero-order valence-corrected chi connectivity index (χ0v) is 17.0. The summed E-state index contributed by atoms with van der Waals surface area (Å²) in [6.07, 6.45) is 10.1. The van der Waals surface area contributed by atoms with Crippen LogP contribution >= 0.6 is 0 Å². The van der Waals surface area contributed by atoms with Crippen molar-refractivity contribution in [2.75, 3.05) is 13.7 Å². The van der Waals surface area contributed by atoms with Gasteiger partial charge >= 0.3 is 5.97 Å². The summed E-state index contributed by atoms with van der Waals surface area (Å²) >= 11 is 0. The molecule has 6 nitrogen and oxygen atoms in total. The molecule has 0 radical (unpaired) electrons. The molecule has 1 rings (SSSR count). The number of ketones is 1. The highest BCUT2D eigenvalue weighted by Gasteiger charge is 2.33. The van der Waals surface area contributed by atoms with E-state index in [4.69, 9.17) is 9.84 Å². The Morgan fingerprint density at radius 3 is 2.44 bits per heavy atom. The first-order valence-corrected chi connectivity index (χ1v) is 10.6. The summed E-state index contributed by atoms with van der Waals surface area (Å²) in [5.74, 6) is -0.161. The van der Waals surface area contributed by atoms with Gasteiger partial charge in [0.25, 0.3) is 0 Å². The van der Waals surface area contributed by atoms with Crippen molar-refractivity contribution in [3.05, 3.63) is 0 Å². The second-order valence-electron chi connectivity index (χ2n) is 7.68. The van der Waals surface area contributed by atoms with Crippen molar-refractivity contribution in [1.82, 2.24) is 0 Å². The fraction of sp³-hybridized carbons (Fsp3) is 0.905. The van der Waals surface area contributed by atoms with E-state index in [0.717, 1.165) is 25.7 Å². The Labute approximate surface area is 163 Å². The van der Waals surface area contributed by atoms with Gasteiger partial charge in [-0.05, 0) is 31.6 Å². The molecule has 158 valence electrons. The maximum atomic E-state index is 12.2. The number of hydrogen-bond donors (Lipinski definition) is 2. The Bertz CT molecular complexity index is 425. The molecule has 0 aromatic carbocycles. The molecule has 0 aliphatic heterocycles. The Hall–Kier alpha value is -0.980. The SMILES string of the molecule is CCCCCCCC[C@H]1CCC(=O)[C@@H]1CCCCOC(C(=O)O)C(O)OC. The summed E-state index contributed by atoms with van der Waals surface area (Å²) in [7, 11) is 1.24. The van der Waals surface area contributed by atoms with E-state index in [2.05, 4.69) is 11.7 Å². The molecule has 0 heterocycles. The quantitative estimate of drug-likeness (QED) is 0.308. The lowest BCUT2D eigenvalue weighted by atomic mass is 9.86. The normalized spacial score (nSPS) is 22.1. The number of aliphatic carboxylic acids is 1. The Kier molecular flexibility index (Phi) is 12.5. The topological polar surface area (TPSA) is 93.1 Å². The van der Waals surface area contributed by atoms with Crippen LogP contribution in [0, 0.1) is 11.8 Å². The first-order valence-electron chi connectivity index (χ1n) is 10.6. The molecule has 0 saturated heterocycles. The van der Waals surface area contributed by atoms with Gasteiger partial charge in [0.05, 0.1) is 0 Å². The van der Waals surface area contributed by atoms with E-state index in [0.29, 0.717) is 24.5 Å². The van der Waals surface area contributed by atoms with Crippen LogP contribution in [0.1, 0.15) is 84.0 Å². The van der Waals surface area contributed by atoms with E-state index in [-0.39, 0.29) is 12.5 Å². The molecule has 27 heavy (non-hydrogen) atoms. The summed E-state index contributed by atoms with van der Waals surface area (Å²) in [6, 6.07) is 0. The molecule has 6 heteroatoms. The maximum Gasteiger partial charge on any atom is 0.338 e. The molecular weight excluding hydrogens is 348 g/mol. The highest BCUT2D eigenvalue weighted by Crippen LogP contribution is 2.36. The third-order valence-corrected chi connectivity index (χ3v) is 5.62. The third-order valence-electron chi connectivity index (χ3n) is 5.62. The summed E-state index contributed by atoms with van der Waals surface area (Å²) in [5.41, 5.74) is 0. The summed E-state index contributed by atoms with van der Waals surface area (Å²) in [5, 5.41) is 18.5. The zero-order valence-electron chi connectivity index (χ0n) is 17.0. The second kappa shape index (κ2) is 14.1. The predicted octanol–water partition coefficient (Wildman–Crippen LogP) is 3.94. The van der Waals surface area contributed by atoms with Gasteiger partial charge in [-0.2, -0.15) is 0 Å². The number of carboxylic acids is 1. The molecule has 0 aromatic rings. The number of hydrogen-bond acceptors (Lipinski definition) is 5. The van der Waals surface area contributed by atoms with Crippen LogP contribution in [0.2, 0.25) is 0 Å². The largest absolute Gasteiger partial charge is 0.479 e. The Balaban J connectivity index is 2.22. The minimum atomic E-state index is -1.47. The average Bonchev–Trinajstić information content (AvgIpc) is 3.00. The van der Waals surface area contributed by atoms with Gasteiger partial charge in [-0.25, -0.2) is 4.79 Å². The van der Waals surface area contributed by atoms with Crippen molar-refractivity contribution in [1.29, 1.82) is 0 Å². The number of ether oxygens (including phenoxy) is 2. The Morgan fingerprint density at radius 2 is 1.78 bits per heavy atom. The highest BCUT2D eigenvalue weighted by molar-refractivity contribution is 5.83. The molecule has 0 amide bonds. The number of carbonyl (C=O) groups is 2. The molecular formula is C21H38O6. The third kappa shape index (κ3) is 9.17. The van der Waals surface area contributed by atoms with Crippen LogP contribution in [0.3, 0.4) is 0 Å². The van der Waals surface area contributed by atoms with Crippen molar-refractivity contribution >= 4 is 11.8 Å².